The molecule has 8 heteroatoms. The third-order valence-corrected chi connectivity index (χ3v) is 6.00. The van der Waals surface area contributed by atoms with Crippen molar-refractivity contribution in [3.05, 3.63) is 64.7 Å². The Balaban J connectivity index is 1.45. The molecule has 0 saturated carbocycles. The van der Waals surface area contributed by atoms with Gasteiger partial charge >= 0.3 is 0 Å². The van der Waals surface area contributed by atoms with Crippen molar-refractivity contribution in [3.8, 4) is 10.6 Å². The van der Waals surface area contributed by atoms with Crippen LogP contribution in [0.15, 0.2) is 48.5 Å². The molecule has 6 nitrogen and oxygen atoms in total. The van der Waals surface area contributed by atoms with Gasteiger partial charge in [0.2, 0.25) is 11.0 Å². The predicted molar refractivity (Wildman–Crippen MR) is 114 cm³/mol. The molecular formula is C21H19ClN4O2S. The maximum absolute atomic E-state index is 12.8. The highest BCUT2D eigenvalue weighted by atomic mass is 35.5. The van der Waals surface area contributed by atoms with E-state index < -0.39 is 6.04 Å². The highest BCUT2D eigenvalue weighted by Crippen LogP contribution is 2.28. The maximum Gasteiger partial charge on any atom is 0.254 e. The first kappa shape index (κ1) is 19.5. The van der Waals surface area contributed by atoms with E-state index in [0.29, 0.717) is 28.7 Å². The van der Waals surface area contributed by atoms with Gasteiger partial charge in [0, 0.05) is 22.7 Å². The number of likely N-dealkylation sites (tertiary alicyclic amines) is 1. The highest BCUT2D eigenvalue weighted by Gasteiger charge is 2.35. The molecule has 29 heavy (non-hydrogen) atoms. The van der Waals surface area contributed by atoms with Gasteiger partial charge in [0.25, 0.3) is 5.91 Å². The number of benzene rings is 2. The summed E-state index contributed by atoms with van der Waals surface area (Å²) in [5, 5.41) is 12.8. The monoisotopic (exact) mass is 426 g/mol. The van der Waals surface area contributed by atoms with Gasteiger partial charge in [-0.2, -0.15) is 0 Å². The van der Waals surface area contributed by atoms with Crippen molar-refractivity contribution in [3.63, 3.8) is 0 Å². The molecule has 1 N–H and O–H groups in total. The average molecular weight is 427 g/mol. The lowest BCUT2D eigenvalue weighted by atomic mass is 10.1. The third-order valence-electron chi connectivity index (χ3n) is 4.86. The summed E-state index contributed by atoms with van der Waals surface area (Å²) >= 11 is 7.21. The summed E-state index contributed by atoms with van der Waals surface area (Å²) in [6.45, 7) is 2.57. The van der Waals surface area contributed by atoms with E-state index in [1.165, 1.54) is 16.9 Å². The second kappa shape index (κ2) is 8.31. The minimum Gasteiger partial charge on any atom is -0.327 e. The molecule has 4 rings (SSSR count). The summed E-state index contributed by atoms with van der Waals surface area (Å²) in [7, 11) is 0. The Morgan fingerprint density at radius 3 is 2.55 bits per heavy atom. The van der Waals surface area contributed by atoms with Crippen molar-refractivity contribution >= 4 is 39.9 Å². The summed E-state index contributed by atoms with van der Waals surface area (Å²) in [6, 6.07) is 14.1. The first-order valence-electron chi connectivity index (χ1n) is 9.29. The minimum absolute atomic E-state index is 0.170. The molecular weight excluding hydrogens is 408 g/mol. The van der Waals surface area contributed by atoms with Gasteiger partial charge in [-0.05, 0) is 44.0 Å². The Hall–Kier alpha value is -2.77. The second-order valence-corrected chi connectivity index (χ2v) is 8.35. The SMILES string of the molecule is Cc1ccc(-c2nnc(NC(=O)C3CCCN3C(=O)c3ccc(Cl)cc3)s2)cc1. The van der Waals surface area contributed by atoms with Gasteiger partial charge in [0.15, 0.2) is 0 Å². The van der Waals surface area contributed by atoms with Crippen LogP contribution in [0.25, 0.3) is 10.6 Å². The van der Waals surface area contributed by atoms with Gasteiger partial charge in [0.05, 0.1) is 0 Å². The van der Waals surface area contributed by atoms with E-state index in [2.05, 4.69) is 15.5 Å². The minimum atomic E-state index is -0.523. The zero-order chi connectivity index (χ0) is 20.4. The van der Waals surface area contributed by atoms with Gasteiger partial charge in [0.1, 0.15) is 11.0 Å². The fourth-order valence-corrected chi connectivity index (χ4v) is 4.19. The van der Waals surface area contributed by atoms with Gasteiger partial charge in [-0.25, -0.2) is 0 Å². The lowest BCUT2D eigenvalue weighted by Crippen LogP contribution is -2.43. The molecule has 1 unspecified atom stereocenters. The van der Waals surface area contributed by atoms with Gasteiger partial charge in [-0.15, -0.1) is 10.2 Å². The molecule has 1 aromatic heterocycles. The molecule has 2 heterocycles. The number of carbonyl (C=O) groups excluding carboxylic acids is 2. The van der Waals surface area contributed by atoms with E-state index in [-0.39, 0.29) is 11.8 Å². The number of aromatic nitrogens is 2. The van der Waals surface area contributed by atoms with Crippen molar-refractivity contribution < 1.29 is 9.59 Å². The Morgan fingerprint density at radius 2 is 1.83 bits per heavy atom. The Labute approximate surface area is 177 Å². The first-order chi connectivity index (χ1) is 14.0. The fraction of sp³-hybridized carbons (Fsp3) is 0.238. The Bertz CT molecular complexity index is 1030. The lowest BCUT2D eigenvalue weighted by Gasteiger charge is -2.23. The fourth-order valence-electron chi connectivity index (χ4n) is 3.32. The molecule has 1 aliphatic heterocycles. The van der Waals surface area contributed by atoms with Gasteiger partial charge in [-0.3, -0.25) is 14.9 Å². The quantitative estimate of drug-likeness (QED) is 0.670. The Morgan fingerprint density at radius 1 is 1.10 bits per heavy atom. The van der Waals surface area contributed by atoms with E-state index in [1.807, 2.05) is 31.2 Å². The predicted octanol–water partition coefficient (Wildman–Crippen LogP) is 4.41. The van der Waals surface area contributed by atoms with Crippen LogP contribution in [0, 0.1) is 6.92 Å². The summed E-state index contributed by atoms with van der Waals surface area (Å²) < 4.78 is 0. The molecule has 0 bridgehead atoms. The molecule has 1 saturated heterocycles. The van der Waals surface area contributed by atoms with Gasteiger partial charge in [-0.1, -0.05) is 52.8 Å². The number of anilines is 1. The van der Waals surface area contributed by atoms with Crippen LogP contribution in [0.4, 0.5) is 5.13 Å². The molecule has 0 spiro atoms. The van der Waals surface area contributed by atoms with E-state index in [1.54, 1.807) is 29.2 Å². The zero-order valence-electron chi connectivity index (χ0n) is 15.8. The van der Waals surface area contributed by atoms with Crippen molar-refractivity contribution in [1.29, 1.82) is 0 Å². The number of hydrogen-bond acceptors (Lipinski definition) is 5. The molecule has 1 aliphatic rings. The van der Waals surface area contributed by atoms with Crippen LogP contribution >= 0.6 is 22.9 Å². The third kappa shape index (κ3) is 4.31. The highest BCUT2D eigenvalue weighted by molar-refractivity contribution is 7.18. The number of nitrogens with zero attached hydrogens (tertiary/aromatic N) is 3. The van der Waals surface area contributed by atoms with E-state index in [9.17, 15) is 9.59 Å². The van der Waals surface area contributed by atoms with Crippen LogP contribution in [0.3, 0.4) is 0 Å². The largest absolute Gasteiger partial charge is 0.327 e. The van der Waals surface area contributed by atoms with Crippen molar-refractivity contribution in [2.45, 2.75) is 25.8 Å². The summed E-state index contributed by atoms with van der Waals surface area (Å²) in [5.74, 6) is -0.409. The molecule has 2 aromatic carbocycles. The van der Waals surface area contributed by atoms with Crippen LogP contribution in [-0.2, 0) is 4.79 Å². The van der Waals surface area contributed by atoms with E-state index >= 15 is 0 Å². The van der Waals surface area contributed by atoms with E-state index in [4.69, 9.17) is 11.6 Å². The number of hydrogen-bond donors (Lipinski definition) is 1. The molecule has 148 valence electrons. The number of rotatable bonds is 4. The number of aryl methyl sites for hydroxylation is 1. The summed E-state index contributed by atoms with van der Waals surface area (Å²) in [5.41, 5.74) is 2.64. The number of halogens is 1. The summed E-state index contributed by atoms with van der Waals surface area (Å²) in [4.78, 5) is 27.2. The van der Waals surface area contributed by atoms with Crippen LogP contribution in [0.1, 0.15) is 28.8 Å². The topological polar surface area (TPSA) is 75.2 Å². The standard InChI is InChI=1S/C21H19ClN4O2S/c1-13-4-6-14(7-5-13)19-24-25-21(29-19)23-18(27)17-3-2-12-26(17)20(28)15-8-10-16(22)11-9-15/h4-11,17H,2-3,12H2,1H3,(H,23,25,27). The number of nitrogens with one attached hydrogen (secondary N) is 1. The second-order valence-electron chi connectivity index (χ2n) is 6.93. The van der Waals surface area contributed by atoms with Crippen LogP contribution in [0.5, 0.6) is 0 Å². The number of carbonyl (C=O) groups is 2. The van der Waals surface area contributed by atoms with Crippen molar-refractivity contribution in [2.24, 2.45) is 0 Å². The maximum atomic E-state index is 12.8. The molecule has 0 aliphatic carbocycles. The van der Waals surface area contributed by atoms with Gasteiger partial charge < -0.3 is 4.90 Å². The van der Waals surface area contributed by atoms with Crippen LogP contribution < -0.4 is 5.32 Å². The van der Waals surface area contributed by atoms with Crippen molar-refractivity contribution in [1.82, 2.24) is 15.1 Å². The van der Waals surface area contributed by atoms with E-state index in [0.717, 1.165) is 17.0 Å². The van der Waals surface area contributed by atoms with Crippen molar-refractivity contribution in [2.75, 3.05) is 11.9 Å². The first-order valence-corrected chi connectivity index (χ1v) is 10.5. The smallest absolute Gasteiger partial charge is 0.254 e. The molecule has 1 atom stereocenters. The number of amides is 2. The summed E-state index contributed by atoms with van der Waals surface area (Å²) in [6.07, 6.45) is 1.40. The molecule has 3 aromatic rings. The normalized spacial score (nSPS) is 16.1. The molecule has 0 radical (unpaired) electrons. The van der Waals surface area contributed by atoms with Crippen LogP contribution in [0.2, 0.25) is 5.02 Å². The Kier molecular flexibility index (Phi) is 5.60. The average Bonchev–Trinajstić information content (AvgIpc) is 3.38. The molecule has 2 amide bonds. The van der Waals surface area contributed by atoms with Crippen LogP contribution in [-0.4, -0.2) is 39.5 Å². The zero-order valence-corrected chi connectivity index (χ0v) is 17.3. The lowest BCUT2D eigenvalue weighted by molar-refractivity contribution is -0.119. The molecule has 1 fully saturated rings.